The van der Waals surface area contributed by atoms with Crippen LogP contribution in [0.25, 0.3) is 0 Å². The van der Waals surface area contributed by atoms with Crippen LogP contribution in [0.5, 0.6) is 0 Å². The summed E-state index contributed by atoms with van der Waals surface area (Å²) in [5.41, 5.74) is 2.25. The van der Waals surface area contributed by atoms with Crippen LogP contribution in [0.3, 0.4) is 0 Å². The highest BCUT2D eigenvalue weighted by atomic mass is 32.2. The number of sulfonamides is 1. The SMILES string of the molecule is Cc1cc(C)n(CC2CCN(S(=O)(=O)C3CCCCC3)CC2)n1. The summed E-state index contributed by atoms with van der Waals surface area (Å²) in [5, 5.41) is 4.41. The van der Waals surface area contributed by atoms with Crippen LogP contribution in [0.15, 0.2) is 6.07 Å². The molecule has 1 aliphatic carbocycles. The first-order valence-electron chi connectivity index (χ1n) is 8.97. The van der Waals surface area contributed by atoms with E-state index in [4.69, 9.17) is 0 Å². The molecule has 2 heterocycles. The van der Waals surface area contributed by atoms with Crippen molar-refractivity contribution in [3.8, 4) is 0 Å². The summed E-state index contributed by atoms with van der Waals surface area (Å²) in [6.45, 7) is 6.38. The number of hydrogen-bond acceptors (Lipinski definition) is 3. The van der Waals surface area contributed by atoms with Crippen molar-refractivity contribution in [3.05, 3.63) is 17.5 Å². The zero-order valence-corrected chi connectivity index (χ0v) is 15.2. The van der Waals surface area contributed by atoms with Crippen molar-refractivity contribution in [2.45, 2.75) is 70.6 Å². The van der Waals surface area contributed by atoms with Crippen LogP contribution >= 0.6 is 0 Å². The third-order valence-electron chi connectivity index (χ3n) is 5.44. The molecule has 130 valence electrons. The van der Waals surface area contributed by atoms with Gasteiger partial charge in [0, 0.05) is 25.3 Å². The minimum absolute atomic E-state index is 0.121. The van der Waals surface area contributed by atoms with E-state index in [-0.39, 0.29) is 5.25 Å². The maximum atomic E-state index is 12.8. The molecular formula is C17H29N3O2S. The van der Waals surface area contributed by atoms with Gasteiger partial charge >= 0.3 is 0 Å². The Kier molecular flexibility index (Phi) is 5.11. The smallest absolute Gasteiger partial charge is 0.216 e. The van der Waals surface area contributed by atoms with Gasteiger partial charge in [0.05, 0.1) is 10.9 Å². The Morgan fingerprint density at radius 1 is 1.09 bits per heavy atom. The lowest BCUT2D eigenvalue weighted by Gasteiger charge is -2.35. The molecule has 0 aromatic carbocycles. The minimum atomic E-state index is -3.07. The van der Waals surface area contributed by atoms with Crippen LogP contribution in [-0.2, 0) is 16.6 Å². The summed E-state index contributed by atoms with van der Waals surface area (Å²) in [4.78, 5) is 0. The molecule has 0 bridgehead atoms. The number of hydrogen-bond donors (Lipinski definition) is 0. The first-order valence-corrected chi connectivity index (χ1v) is 10.5. The summed E-state index contributed by atoms with van der Waals surface area (Å²) in [5.74, 6) is 0.533. The van der Waals surface area contributed by atoms with Crippen molar-refractivity contribution >= 4 is 10.0 Å². The van der Waals surface area contributed by atoms with Crippen LogP contribution in [0.4, 0.5) is 0 Å². The molecule has 0 amide bonds. The normalized spacial score (nSPS) is 22.5. The van der Waals surface area contributed by atoms with E-state index >= 15 is 0 Å². The average molecular weight is 340 g/mol. The maximum Gasteiger partial charge on any atom is 0.216 e. The predicted octanol–water partition coefficient (Wildman–Crippen LogP) is 2.87. The molecule has 1 aromatic heterocycles. The Labute approximate surface area is 140 Å². The second kappa shape index (κ2) is 6.93. The molecule has 1 saturated carbocycles. The lowest BCUT2D eigenvalue weighted by Crippen LogP contribution is -2.44. The van der Waals surface area contributed by atoms with Gasteiger partial charge in [-0.1, -0.05) is 19.3 Å². The molecule has 5 nitrogen and oxygen atoms in total. The highest BCUT2D eigenvalue weighted by Crippen LogP contribution is 2.29. The highest BCUT2D eigenvalue weighted by molar-refractivity contribution is 7.89. The molecule has 23 heavy (non-hydrogen) atoms. The van der Waals surface area contributed by atoms with Crippen LogP contribution < -0.4 is 0 Å². The Hall–Kier alpha value is -0.880. The van der Waals surface area contributed by atoms with Gasteiger partial charge < -0.3 is 0 Å². The van der Waals surface area contributed by atoms with Crippen LogP contribution in [-0.4, -0.2) is 40.8 Å². The number of nitrogens with zero attached hydrogens (tertiary/aromatic N) is 3. The van der Waals surface area contributed by atoms with Crippen molar-refractivity contribution in [1.82, 2.24) is 14.1 Å². The Morgan fingerprint density at radius 2 is 1.74 bits per heavy atom. The molecule has 6 heteroatoms. The lowest BCUT2D eigenvalue weighted by molar-refractivity contribution is 0.242. The molecule has 1 aliphatic heterocycles. The Morgan fingerprint density at radius 3 is 2.30 bits per heavy atom. The monoisotopic (exact) mass is 339 g/mol. The minimum Gasteiger partial charge on any atom is -0.269 e. The zero-order valence-electron chi connectivity index (χ0n) is 14.4. The number of aromatic nitrogens is 2. The molecule has 0 spiro atoms. The molecule has 1 saturated heterocycles. The predicted molar refractivity (Wildman–Crippen MR) is 91.8 cm³/mol. The van der Waals surface area contributed by atoms with Gasteiger partial charge in [0.15, 0.2) is 0 Å². The molecule has 2 fully saturated rings. The number of piperidine rings is 1. The summed E-state index contributed by atoms with van der Waals surface area (Å²) in [6.07, 6.45) is 6.93. The molecule has 1 aromatic rings. The molecule has 0 N–H and O–H groups in total. The maximum absolute atomic E-state index is 12.8. The largest absolute Gasteiger partial charge is 0.269 e. The lowest BCUT2D eigenvalue weighted by atomic mass is 9.98. The molecular weight excluding hydrogens is 310 g/mol. The van der Waals surface area contributed by atoms with Crippen LogP contribution in [0.2, 0.25) is 0 Å². The molecule has 3 rings (SSSR count). The second-order valence-corrected chi connectivity index (χ2v) is 9.47. The van der Waals surface area contributed by atoms with Gasteiger partial charge in [-0.2, -0.15) is 5.10 Å². The summed E-state index contributed by atoms with van der Waals surface area (Å²) in [7, 11) is -3.07. The van der Waals surface area contributed by atoms with Crippen LogP contribution in [0, 0.1) is 19.8 Å². The fourth-order valence-corrected chi connectivity index (χ4v) is 6.09. The van der Waals surface area contributed by atoms with Gasteiger partial charge in [-0.25, -0.2) is 12.7 Å². The van der Waals surface area contributed by atoms with E-state index in [0.717, 1.165) is 50.8 Å². The summed E-state index contributed by atoms with van der Waals surface area (Å²) >= 11 is 0. The Bertz CT molecular complexity index is 624. The van der Waals surface area contributed by atoms with Crippen molar-refractivity contribution < 1.29 is 8.42 Å². The van der Waals surface area contributed by atoms with E-state index in [0.29, 0.717) is 19.0 Å². The molecule has 0 atom stereocenters. The topological polar surface area (TPSA) is 55.2 Å². The van der Waals surface area contributed by atoms with Crippen molar-refractivity contribution in [1.29, 1.82) is 0 Å². The van der Waals surface area contributed by atoms with E-state index in [1.165, 1.54) is 12.1 Å². The second-order valence-electron chi connectivity index (χ2n) is 7.26. The van der Waals surface area contributed by atoms with Gasteiger partial charge in [-0.05, 0) is 51.5 Å². The first-order chi connectivity index (χ1) is 11.0. The first kappa shape index (κ1) is 17.0. The third kappa shape index (κ3) is 3.79. The van der Waals surface area contributed by atoms with Crippen LogP contribution in [0.1, 0.15) is 56.3 Å². The summed E-state index contributed by atoms with van der Waals surface area (Å²) < 4.78 is 29.4. The molecule has 0 radical (unpaired) electrons. The van der Waals surface area contributed by atoms with Crippen molar-refractivity contribution in [2.24, 2.45) is 5.92 Å². The van der Waals surface area contributed by atoms with Gasteiger partial charge in [0.1, 0.15) is 0 Å². The average Bonchev–Trinajstić information content (AvgIpc) is 2.86. The third-order valence-corrected chi connectivity index (χ3v) is 7.84. The van der Waals surface area contributed by atoms with E-state index in [2.05, 4.69) is 22.8 Å². The summed E-state index contributed by atoms with van der Waals surface area (Å²) in [6, 6.07) is 2.10. The van der Waals surface area contributed by atoms with Crippen molar-refractivity contribution in [3.63, 3.8) is 0 Å². The van der Waals surface area contributed by atoms with Crippen molar-refractivity contribution in [2.75, 3.05) is 13.1 Å². The van der Waals surface area contributed by atoms with Gasteiger partial charge in [-0.3, -0.25) is 4.68 Å². The van der Waals surface area contributed by atoms with E-state index in [1.807, 2.05) is 6.92 Å². The standard InChI is InChI=1S/C17H29N3O2S/c1-14-12-15(2)20(18-14)13-16-8-10-19(11-9-16)23(21,22)17-6-4-3-5-7-17/h12,16-17H,3-11,13H2,1-2H3. The fourth-order valence-electron chi connectivity index (χ4n) is 4.02. The van der Waals surface area contributed by atoms with Gasteiger partial charge in [0.25, 0.3) is 0 Å². The molecule has 0 unspecified atom stereocenters. The van der Waals surface area contributed by atoms with E-state index in [1.54, 1.807) is 4.31 Å². The highest BCUT2D eigenvalue weighted by Gasteiger charge is 2.35. The zero-order chi connectivity index (χ0) is 16.4. The quantitative estimate of drug-likeness (QED) is 0.847. The van der Waals surface area contributed by atoms with Gasteiger partial charge in [-0.15, -0.1) is 0 Å². The van der Waals surface area contributed by atoms with E-state index < -0.39 is 10.0 Å². The fraction of sp³-hybridized carbons (Fsp3) is 0.824. The van der Waals surface area contributed by atoms with E-state index in [9.17, 15) is 8.42 Å². The Balaban J connectivity index is 1.56. The number of rotatable bonds is 4. The van der Waals surface area contributed by atoms with Gasteiger partial charge in [0.2, 0.25) is 10.0 Å². The number of aryl methyl sites for hydroxylation is 2. The molecule has 2 aliphatic rings.